The van der Waals surface area contributed by atoms with Gasteiger partial charge >= 0.3 is 5.97 Å². The molecule has 0 aliphatic heterocycles. The van der Waals surface area contributed by atoms with Crippen LogP contribution in [0.3, 0.4) is 0 Å². The van der Waals surface area contributed by atoms with Gasteiger partial charge in [-0.15, -0.1) is 5.10 Å². The van der Waals surface area contributed by atoms with Gasteiger partial charge in [-0.1, -0.05) is 42.5 Å². The lowest BCUT2D eigenvalue weighted by Crippen LogP contribution is -2.15. The molecule has 0 saturated carbocycles. The molecule has 0 saturated heterocycles. The third-order valence-corrected chi connectivity index (χ3v) is 5.32. The maximum Gasteiger partial charge on any atom is 0.306 e. The quantitative estimate of drug-likeness (QED) is 0.387. The number of carbonyl (C=O) groups is 1. The number of nitrogens with one attached hydrogen (secondary N) is 2. The predicted octanol–water partition coefficient (Wildman–Crippen LogP) is 3.43. The Hall–Kier alpha value is -4.01. The highest BCUT2D eigenvalue weighted by Crippen LogP contribution is 2.33. The number of benzene rings is 2. The number of H-pyrrole nitrogens is 2. The fourth-order valence-electron chi connectivity index (χ4n) is 3.63. The van der Waals surface area contributed by atoms with E-state index in [9.17, 15) is 14.7 Å². The number of ether oxygens (including phenoxy) is 1. The van der Waals surface area contributed by atoms with E-state index in [1.165, 1.54) is 0 Å². The molecule has 9 nitrogen and oxygen atoms in total. The molecule has 0 aliphatic rings. The maximum atomic E-state index is 12.3. The Kier molecular flexibility index (Phi) is 5.98. The molecule has 0 aliphatic carbocycles. The van der Waals surface area contributed by atoms with E-state index in [4.69, 9.17) is 4.74 Å². The second-order valence-electron chi connectivity index (χ2n) is 7.42. The first-order valence-corrected chi connectivity index (χ1v) is 10.4. The number of aromatic amines is 2. The minimum Gasteiger partial charge on any atom is -0.493 e. The highest BCUT2D eigenvalue weighted by molar-refractivity contribution is 5.77. The van der Waals surface area contributed by atoms with E-state index >= 15 is 0 Å². The minimum absolute atomic E-state index is 0.145. The first kappa shape index (κ1) is 21.2. The summed E-state index contributed by atoms with van der Waals surface area (Å²) < 4.78 is 5.85. The third-order valence-electron chi connectivity index (χ3n) is 5.32. The van der Waals surface area contributed by atoms with Crippen molar-refractivity contribution in [2.24, 2.45) is 5.92 Å². The van der Waals surface area contributed by atoms with Gasteiger partial charge in [0.2, 0.25) is 0 Å². The lowest BCUT2D eigenvalue weighted by molar-refractivity contribution is -0.141. The van der Waals surface area contributed by atoms with Crippen molar-refractivity contribution in [1.82, 2.24) is 25.4 Å². The van der Waals surface area contributed by atoms with Crippen molar-refractivity contribution in [2.45, 2.75) is 26.7 Å². The number of rotatable bonds is 8. The van der Waals surface area contributed by atoms with Crippen LogP contribution in [0.5, 0.6) is 5.75 Å². The first-order chi connectivity index (χ1) is 15.5. The summed E-state index contributed by atoms with van der Waals surface area (Å²) >= 11 is 0. The van der Waals surface area contributed by atoms with Crippen molar-refractivity contribution in [3.8, 4) is 28.3 Å². The molecule has 32 heavy (non-hydrogen) atoms. The molecule has 4 aromatic rings. The normalized spacial score (nSPS) is 12.1. The average molecular weight is 433 g/mol. The molecule has 0 amide bonds. The highest BCUT2D eigenvalue weighted by atomic mass is 16.5. The predicted molar refractivity (Wildman–Crippen MR) is 119 cm³/mol. The number of aliphatic carboxylic acids is 1. The fraction of sp³-hybridized carbons (Fsp3) is 0.261. The largest absolute Gasteiger partial charge is 0.493 e. The van der Waals surface area contributed by atoms with Crippen molar-refractivity contribution in [2.75, 3.05) is 6.61 Å². The summed E-state index contributed by atoms with van der Waals surface area (Å²) in [5.41, 5.74) is 3.51. The number of carboxylic acids is 1. The number of carboxylic acid groups (broad SMARTS) is 1. The molecule has 4 rings (SSSR count). The SMILES string of the molecule is CCOc1cc(-c2cccc(C[C@@H](CC)C(=O)O)c2)ccc1-c1nc2[nH]nnc2c(=O)[nH]1. The van der Waals surface area contributed by atoms with Gasteiger partial charge in [0.1, 0.15) is 11.6 Å². The Morgan fingerprint density at radius 3 is 2.72 bits per heavy atom. The van der Waals surface area contributed by atoms with Crippen LogP contribution in [0, 0.1) is 5.92 Å². The van der Waals surface area contributed by atoms with E-state index in [1.807, 2.05) is 56.3 Å². The number of fused-ring (bicyclic) bond motifs is 1. The van der Waals surface area contributed by atoms with Crippen molar-refractivity contribution >= 4 is 17.1 Å². The van der Waals surface area contributed by atoms with E-state index in [1.54, 1.807) is 0 Å². The summed E-state index contributed by atoms with van der Waals surface area (Å²) in [6, 6.07) is 13.5. The second-order valence-corrected chi connectivity index (χ2v) is 7.42. The third kappa shape index (κ3) is 4.22. The highest BCUT2D eigenvalue weighted by Gasteiger charge is 2.17. The fourth-order valence-corrected chi connectivity index (χ4v) is 3.63. The van der Waals surface area contributed by atoms with Gasteiger partial charge in [-0.2, -0.15) is 0 Å². The van der Waals surface area contributed by atoms with Crippen LogP contribution in [-0.2, 0) is 11.2 Å². The monoisotopic (exact) mass is 433 g/mol. The Labute approximate surface area is 183 Å². The van der Waals surface area contributed by atoms with Crippen LogP contribution in [0.15, 0.2) is 47.3 Å². The van der Waals surface area contributed by atoms with Gasteiger partial charge < -0.3 is 14.8 Å². The molecule has 9 heteroatoms. The lowest BCUT2D eigenvalue weighted by atomic mass is 9.94. The summed E-state index contributed by atoms with van der Waals surface area (Å²) in [4.78, 5) is 30.8. The topological polar surface area (TPSA) is 134 Å². The average Bonchev–Trinajstić information content (AvgIpc) is 3.27. The van der Waals surface area contributed by atoms with Crippen LogP contribution >= 0.6 is 0 Å². The van der Waals surface area contributed by atoms with Gasteiger partial charge in [0, 0.05) is 0 Å². The summed E-state index contributed by atoms with van der Waals surface area (Å²) in [6.07, 6.45) is 1.05. The van der Waals surface area contributed by atoms with E-state index < -0.39 is 11.9 Å². The van der Waals surface area contributed by atoms with Gasteiger partial charge in [-0.25, -0.2) is 10.1 Å². The number of hydrogen-bond donors (Lipinski definition) is 3. The zero-order chi connectivity index (χ0) is 22.7. The molecule has 3 N–H and O–H groups in total. The zero-order valence-electron chi connectivity index (χ0n) is 17.8. The van der Waals surface area contributed by atoms with Gasteiger partial charge in [0.25, 0.3) is 5.56 Å². The molecule has 0 fully saturated rings. The van der Waals surface area contributed by atoms with Crippen LogP contribution in [0.4, 0.5) is 0 Å². The molecule has 2 heterocycles. The van der Waals surface area contributed by atoms with Crippen LogP contribution in [0.2, 0.25) is 0 Å². The standard InChI is InChI=1S/C23H23N5O4/c1-3-14(23(30)31)10-13-6-5-7-15(11-13)16-8-9-17(18(12-16)32-4-2)20-24-21-19(22(29)25-20)26-28-27-21/h5-9,11-12,14H,3-4,10H2,1-2H3,(H,30,31)(H2,24,25,26,27,28,29)/t14-/m1/s1. The summed E-state index contributed by atoms with van der Waals surface area (Å²) in [7, 11) is 0. The molecule has 2 aromatic heterocycles. The summed E-state index contributed by atoms with van der Waals surface area (Å²) in [6.45, 7) is 4.20. The molecule has 0 unspecified atom stereocenters. The van der Waals surface area contributed by atoms with Gasteiger partial charge in [0.05, 0.1) is 18.1 Å². The van der Waals surface area contributed by atoms with Crippen LogP contribution in [0.1, 0.15) is 25.8 Å². The Morgan fingerprint density at radius 2 is 1.97 bits per heavy atom. The molecule has 1 atom stereocenters. The summed E-state index contributed by atoms with van der Waals surface area (Å²) in [5, 5.41) is 19.3. The first-order valence-electron chi connectivity index (χ1n) is 10.4. The van der Waals surface area contributed by atoms with E-state index in [-0.39, 0.29) is 11.1 Å². The van der Waals surface area contributed by atoms with Crippen LogP contribution in [0.25, 0.3) is 33.7 Å². The van der Waals surface area contributed by atoms with Gasteiger partial charge in [-0.05, 0) is 48.6 Å². The molecular formula is C23H23N5O4. The molecule has 0 radical (unpaired) electrons. The number of aromatic nitrogens is 5. The van der Waals surface area contributed by atoms with Crippen molar-refractivity contribution in [1.29, 1.82) is 0 Å². The van der Waals surface area contributed by atoms with Crippen LogP contribution in [-0.4, -0.2) is 43.1 Å². The summed E-state index contributed by atoms with van der Waals surface area (Å²) in [5.74, 6) is -0.278. The number of nitrogens with zero attached hydrogens (tertiary/aromatic N) is 3. The molecule has 2 aromatic carbocycles. The van der Waals surface area contributed by atoms with Gasteiger partial charge in [-0.3, -0.25) is 9.59 Å². The van der Waals surface area contributed by atoms with E-state index in [0.717, 1.165) is 16.7 Å². The Balaban J connectivity index is 1.72. The Bertz CT molecular complexity index is 1330. The maximum absolute atomic E-state index is 12.3. The Morgan fingerprint density at radius 1 is 1.16 bits per heavy atom. The van der Waals surface area contributed by atoms with E-state index in [2.05, 4.69) is 25.4 Å². The molecule has 164 valence electrons. The van der Waals surface area contributed by atoms with Crippen LogP contribution < -0.4 is 10.3 Å². The zero-order valence-corrected chi connectivity index (χ0v) is 17.8. The van der Waals surface area contributed by atoms with Gasteiger partial charge in [0.15, 0.2) is 11.2 Å². The van der Waals surface area contributed by atoms with E-state index in [0.29, 0.717) is 42.2 Å². The van der Waals surface area contributed by atoms with Crippen molar-refractivity contribution in [3.63, 3.8) is 0 Å². The molecule has 0 bridgehead atoms. The van der Waals surface area contributed by atoms with Crippen molar-refractivity contribution < 1.29 is 14.6 Å². The smallest absolute Gasteiger partial charge is 0.306 e. The molecule has 0 spiro atoms. The minimum atomic E-state index is -0.785. The molecular weight excluding hydrogens is 410 g/mol. The van der Waals surface area contributed by atoms with Crippen molar-refractivity contribution in [3.05, 3.63) is 58.4 Å². The lowest BCUT2D eigenvalue weighted by Gasteiger charge is -2.14. The second kappa shape index (κ2) is 9.01. The number of hydrogen-bond acceptors (Lipinski definition) is 6.